The van der Waals surface area contributed by atoms with Crippen molar-refractivity contribution in [3.8, 4) is 0 Å². The summed E-state index contributed by atoms with van der Waals surface area (Å²) in [6, 6.07) is 6.39. The first-order valence-electron chi connectivity index (χ1n) is 5.78. The monoisotopic (exact) mass is 320 g/mol. The predicted molar refractivity (Wildman–Crippen MR) is 75.4 cm³/mol. The summed E-state index contributed by atoms with van der Waals surface area (Å²) in [5.41, 5.74) is -0.866. The maximum atomic E-state index is 11.1. The minimum atomic E-state index is -1.28. The van der Waals surface area contributed by atoms with Crippen LogP contribution in [0.25, 0.3) is 0 Å². The van der Waals surface area contributed by atoms with E-state index in [0.717, 1.165) is 17.8 Å². The molecule has 2 N–H and O–H groups in total. The smallest absolute Gasteiger partial charge is 0.355 e. The molecule has 0 radical (unpaired) electrons. The molecule has 0 aliphatic carbocycles. The minimum Gasteiger partial charge on any atom is -0.478 e. The molecule has 0 saturated heterocycles. The van der Waals surface area contributed by atoms with Gasteiger partial charge in [0.1, 0.15) is 0 Å². The zero-order valence-electron chi connectivity index (χ0n) is 10.8. The number of carboxylic acids is 2. The van der Waals surface area contributed by atoms with Gasteiger partial charge in [-0.25, -0.2) is 14.6 Å². The lowest BCUT2D eigenvalue weighted by molar-refractivity contribution is -0.387. The van der Waals surface area contributed by atoms with Crippen LogP contribution in [0.2, 0.25) is 0 Å². The van der Waals surface area contributed by atoms with Crippen molar-refractivity contribution < 1.29 is 24.7 Å². The number of hydrogen-bond acceptors (Lipinski definition) is 6. The van der Waals surface area contributed by atoms with Crippen LogP contribution in [0.4, 0.5) is 5.69 Å². The van der Waals surface area contributed by atoms with Gasteiger partial charge in [-0.15, -0.1) is 0 Å². The summed E-state index contributed by atoms with van der Waals surface area (Å²) >= 11 is 0.840. The van der Waals surface area contributed by atoms with Crippen molar-refractivity contribution in [2.75, 3.05) is 0 Å². The number of aromatic nitrogens is 1. The van der Waals surface area contributed by atoms with E-state index in [9.17, 15) is 19.7 Å². The Bertz CT molecular complexity index is 777. The molecule has 0 fully saturated rings. The highest BCUT2D eigenvalue weighted by atomic mass is 32.2. The zero-order valence-corrected chi connectivity index (χ0v) is 11.6. The maximum absolute atomic E-state index is 11.1. The molecule has 0 aliphatic heterocycles. The Morgan fingerprint density at radius 3 is 2.45 bits per heavy atom. The van der Waals surface area contributed by atoms with E-state index in [1.165, 1.54) is 30.5 Å². The van der Waals surface area contributed by atoms with E-state index in [-0.39, 0.29) is 21.0 Å². The van der Waals surface area contributed by atoms with Crippen LogP contribution in [-0.2, 0) is 0 Å². The molecule has 22 heavy (non-hydrogen) atoms. The molecule has 0 atom stereocenters. The first-order chi connectivity index (χ1) is 10.4. The van der Waals surface area contributed by atoms with Gasteiger partial charge < -0.3 is 10.2 Å². The second kappa shape index (κ2) is 6.22. The summed E-state index contributed by atoms with van der Waals surface area (Å²) in [7, 11) is 0. The second-order valence-corrected chi connectivity index (χ2v) is 5.09. The number of nitrogens with zero attached hydrogens (tertiary/aromatic N) is 2. The standard InChI is InChI=1S/C13H8N2O6S/c16-12(17)7-3-4-9(8(6-7)15(20)21)22-10-2-1-5-14-11(10)13(18)19/h1-6H,(H,16,17)(H,18,19). The molecular weight excluding hydrogens is 312 g/mol. The molecule has 2 aromatic rings. The average Bonchev–Trinajstić information content (AvgIpc) is 2.47. The Hall–Kier alpha value is -2.94. The van der Waals surface area contributed by atoms with Gasteiger partial charge in [-0.3, -0.25) is 10.1 Å². The Morgan fingerprint density at radius 2 is 1.86 bits per heavy atom. The molecule has 0 spiro atoms. The maximum Gasteiger partial charge on any atom is 0.355 e. The van der Waals surface area contributed by atoms with Crippen molar-refractivity contribution in [1.82, 2.24) is 4.98 Å². The molecule has 0 aliphatic rings. The molecule has 0 unspecified atom stereocenters. The topological polar surface area (TPSA) is 131 Å². The highest BCUT2D eigenvalue weighted by Crippen LogP contribution is 2.36. The lowest BCUT2D eigenvalue weighted by Gasteiger charge is -2.06. The Balaban J connectivity index is 2.48. The van der Waals surface area contributed by atoms with Crippen molar-refractivity contribution in [3.05, 3.63) is 57.9 Å². The third-order valence-electron chi connectivity index (χ3n) is 2.60. The minimum absolute atomic E-state index is 0.130. The summed E-state index contributed by atoms with van der Waals surface area (Å²) in [6.07, 6.45) is 1.30. The number of carboxylic acid groups (broad SMARTS) is 2. The summed E-state index contributed by atoms with van der Waals surface area (Å²) in [6.45, 7) is 0. The van der Waals surface area contributed by atoms with E-state index in [1.54, 1.807) is 0 Å². The van der Waals surface area contributed by atoms with Gasteiger partial charge in [-0.2, -0.15) is 0 Å². The van der Waals surface area contributed by atoms with Crippen LogP contribution in [0.3, 0.4) is 0 Å². The van der Waals surface area contributed by atoms with Gasteiger partial charge in [-0.1, -0.05) is 11.8 Å². The number of rotatable bonds is 5. The summed E-state index contributed by atoms with van der Waals surface area (Å²) in [4.78, 5) is 36.4. The van der Waals surface area contributed by atoms with Crippen molar-refractivity contribution in [2.24, 2.45) is 0 Å². The quantitative estimate of drug-likeness (QED) is 0.634. The number of benzene rings is 1. The van der Waals surface area contributed by atoms with Gasteiger partial charge in [0.2, 0.25) is 0 Å². The van der Waals surface area contributed by atoms with Gasteiger partial charge in [0, 0.05) is 17.2 Å². The van der Waals surface area contributed by atoms with E-state index in [0.29, 0.717) is 0 Å². The fraction of sp³-hybridized carbons (Fsp3) is 0. The lowest BCUT2D eigenvalue weighted by Crippen LogP contribution is -2.02. The predicted octanol–water partition coefficient (Wildman–Crippen LogP) is 2.54. The van der Waals surface area contributed by atoms with E-state index in [2.05, 4.69) is 4.98 Å². The fourth-order valence-electron chi connectivity index (χ4n) is 1.63. The van der Waals surface area contributed by atoms with Crippen molar-refractivity contribution in [2.45, 2.75) is 9.79 Å². The molecule has 9 heteroatoms. The van der Waals surface area contributed by atoms with Crippen LogP contribution in [0, 0.1) is 10.1 Å². The van der Waals surface area contributed by atoms with Gasteiger partial charge >= 0.3 is 11.9 Å². The Kier molecular flexibility index (Phi) is 4.37. The number of pyridine rings is 1. The average molecular weight is 320 g/mol. The molecule has 112 valence electrons. The molecule has 8 nitrogen and oxygen atoms in total. The highest BCUT2D eigenvalue weighted by Gasteiger charge is 2.20. The normalized spacial score (nSPS) is 10.2. The lowest BCUT2D eigenvalue weighted by atomic mass is 10.2. The van der Waals surface area contributed by atoms with Gasteiger partial charge in [0.05, 0.1) is 15.4 Å². The summed E-state index contributed by atoms with van der Waals surface area (Å²) in [5, 5.41) is 29.0. The van der Waals surface area contributed by atoms with Crippen LogP contribution in [0.15, 0.2) is 46.3 Å². The molecule has 0 bridgehead atoms. The number of aromatic carboxylic acids is 2. The van der Waals surface area contributed by atoms with Crippen molar-refractivity contribution in [1.29, 1.82) is 0 Å². The summed E-state index contributed by atoms with van der Waals surface area (Å²) in [5.74, 6) is -2.54. The first kappa shape index (κ1) is 15.4. The van der Waals surface area contributed by atoms with Gasteiger partial charge in [-0.05, 0) is 24.3 Å². The van der Waals surface area contributed by atoms with E-state index < -0.39 is 22.5 Å². The van der Waals surface area contributed by atoms with E-state index >= 15 is 0 Å². The van der Waals surface area contributed by atoms with Crippen LogP contribution >= 0.6 is 11.8 Å². The molecule has 1 aromatic carbocycles. The molecule has 0 amide bonds. The van der Waals surface area contributed by atoms with Gasteiger partial charge in [0.15, 0.2) is 5.69 Å². The van der Waals surface area contributed by atoms with Crippen LogP contribution < -0.4 is 0 Å². The number of hydrogen-bond donors (Lipinski definition) is 2. The molecular formula is C13H8N2O6S. The van der Waals surface area contributed by atoms with Crippen LogP contribution in [0.5, 0.6) is 0 Å². The third kappa shape index (κ3) is 3.20. The molecule has 1 aromatic heterocycles. The Morgan fingerprint density at radius 1 is 1.14 bits per heavy atom. The van der Waals surface area contributed by atoms with Gasteiger partial charge in [0.25, 0.3) is 5.69 Å². The Labute approximate surface area is 127 Å². The van der Waals surface area contributed by atoms with Crippen LogP contribution in [-0.4, -0.2) is 32.1 Å². The number of nitro groups is 1. The summed E-state index contributed by atoms with van der Waals surface area (Å²) < 4.78 is 0. The third-order valence-corrected chi connectivity index (χ3v) is 3.71. The number of nitro benzene ring substituents is 1. The SMILES string of the molecule is O=C(O)c1ccc(Sc2cccnc2C(=O)O)c([N+](=O)[O-])c1. The van der Waals surface area contributed by atoms with Crippen molar-refractivity contribution in [3.63, 3.8) is 0 Å². The molecule has 0 saturated carbocycles. The molecule has 2 rings (SSSR count). The zero-order chi connectivity index (χ0) is 16.3. The van der Waals surface area contributed by atoms with E-state index in [1.807, 2.05) is 0 Å². The number of carbonyl (C=O) groups is 2. The van der Waals surface area contributed by atoms with E-state index in [4.69, 9.17) is 10.2 Å². The van der Waals surface area contributed by atoms with Crippen LogP contribution in [0.1, 0.15) is 20.8 Å². The second-order valence-electron chi connectivity index (χ2n) is 4.00. The van der Waals surface area contributed by atoms with Crippen molar-refractivity contribution >= 4 is 29.4 Å². The highest BCUT2D eigenvalue weighted by molar-refractivity contribution is 7.99. The largest absolute Gasteiger partial charge is 0.478 e. The fourth-order valence-corrected chi connectivity index (χ4v) is 2.63. The molecule has 1 heterocycles. The first-order valence-corrected chi connectivity index (χ1v) is 6.59.